The van der Waals surface area contributed by atoms with E-state index in [-0.39, 0.29) is 52.5 Å². The van der Waals surface area contributed by atoms with Gasteiger partial charge in [-0.1, -0.05) is 73.6 Å². The first kappa shape index (κ1) is 33.4. The number of aliphatic hydroxyl groups excluding tert-OH is 1. The zero-order valence-electron chi connectivity index (χ0n) is 27.1. The molecule has 13 nitrogen and oxygen atoms in total. The van der Waals surface area contributed by atoms with E-state index in [4.69, 9.17) is 22.4 Å². The van der Waals surface area contributed by atoms with Gasteiger partial charge in [0.2, 0.25) is 5.95 Å². The molecule has 45 heavy (non-hydrogen) atoms. The highest BCUT2D eigenvalue weighted by molar-refractivity contribution is 6.84. The summed E-state index contributed by atoms with van der Waals surface area (Å²) in [5.41, 5.74) is 0.0729. The van der Waals surface area contributed by atoms with Gasteiger partial charge in [0.15, 0.2) is 24.0 Å². The van der Waals surface area contributed by atoms with Gasteiger partial charge < -0.3 is 27.5 Å². The number of aromatic amines is 1. The van der Waals surface area contributed by atoms with Crippen LogP contribution >= 0.6 is 0 Å². The van der Waals surface area contributed by atoms with E-state index in [1.54, 1.807) is 24.3 Å². The number of ether oxygens (including phenoxy) is 2. The van der Waals surface area contributed by atoms with E-state index in [1.165, 1.54) is 10.9 Å². The van der Waals surface area contributed by atoms with Gasteiger partial charge in [-0.05, 0) is 34.3 Å². The number of carbonyl (C=O) groups is 1. The molecule has 0 radical (unpaired) electrons. The molecule has 4 atom stereocenters. The van der Waals surface area contributed by atoms with Gasteiger partial charge in [0.1, 0.15) is 24.1 Å². The molecule has 0 bridgehead atoms. The van der Waals surface area contributed by atoms with Gasteiger partial charge in [0.05, 0.1) is 12.9 Å². The molecular weight excluding hydrogens is 615 g/mol. The molecule has 5 rings (SSSR count). The molecule has 0 saturated carbocycles. The average molecular weight is 660 g/mol. The van der Waals surface area contributed by atoms with Gasteiger partial charge in [-0.15, -0.1) is 0 Å². The van der Waals surface area contributed by atoms with E-state index in [1.807, 2.05) is 6.07 Å². The minimum Gasteiger partial charge on any atom is -0.484 e. The Morgan fingerprint density at radius 1 is 1.07 bits per heavy atom. The van der Waals surface area contributed by atoms with Crippen molar-refractivity contribution in [2.24, 2.45) is 0 Å². The summed E-state index contributed by atoms with van der Waals surface area (Å²) >= 11 is 0. The lowest BCUT2D eigenvalue weighted by atomic mass is 10.1. The second-order valence-corrected chi connectivity index (χ2v) is 21.8. The van der Waals surface area contributed by atoms with Gasteiger partial charge in [-0.25, -0.2) is 4.98 Å². The number of hydrogen-bond acceptors (Lipinski definition) is 10. The Kier molecular flexibility index (Phi) is 9.70. The van der Waals surface area contributed by atoms with Crippen LogP contribution in [0.2, 0.25) is 22.2 Å². The molecule has 3 aromatic rings. The monoisotopic (exact) mass is 659 g/mol. The second-order valence-electron chi connectivity index (χ2n) is 13.0. The third kappa shape index (κ3) is 6.26. The number of H-pyrrole nitrogens is 1. The minimum atomic E-state index is -3.00. The number of benzene rings is 1. The molecule has 2 fully saturated rings. The van der Waals surface area contributed by atoms with Crippen LogP contribution in [0.15, 0.2) is 41.5 Å². The Morgan fingerprint density at radius 3 is 2.33 bits per heavy atom. The molecule has 1 aromatic carbocycles. The van der Waals surface area contributed by atoms with E-state index < -0.39 is 53.1 Å². The number of nitrogens with one attached hydrogen (secondary N) is 2. The Morgan fingerprint density at radius 2 is 1.71 bits per heavy atom. The summed E-state index contributed by atoms with van der Waals surface area (Å²) in [7, 11) is -5.81. The lowest BCUT2D eigenvalue weighted by molar-refractivity contribution is -0.118. The first-order valence-electron chi connectivity index (χ1n) is 15.6. The zero-order chi connectivity index (χ0) is 32.7. The summed E-state index contributed by atoms with van der Waals surface area (Å²) in [6.45, 7) is 16.9. The Labute approximate surface area is 265 Å². The van der Waals surface area contributed by atoms with Crippen LogP contribution in [0.4, 0.5) is 5.95 Å². The Balaban J connectivity index is 1.45. The Bertz CT molecular complexity index is 1530. The van der Waals surface area contributed by atoms with Crippen molar-refractivity contribution in [1.29, 1.82) is 0 Å². The molecule has 2 aliphatic heterocycles. The van der Waals surface area contributed by atoms with Crippen LogP contribution in [0.3, 0.4) is 0 Å². The highest BCUT2D eigenvalue weighted by Gasteiger charge is 2.61. The fraction of sp³-hybridized carbons (Fsp3) is 0.600. The van der Waals surface area contributed by atoms with Crippen LogP contribution in [0.1, 0.15) is 61.6 Å². The fourth-order valence-electron chi connectivity index (χ4n) is 6.37. The molecule has 246 valence electrons. The number of aromatic nitrogens is 4. The number of hydrogen-bond donors (Lipinski definition) is 3. The van der Waals surface area contributed by atoms with Crippen molar-refractivity contribution in [3.63, 3.8) is 0 Å². The average Bonchev–Trinajstić information content (AvgIpc) is 3.52. The molecule has 2 aliphatic rings. The van der Waals surface area contributed by atoms with Gasteiger partial charge in [-0.2, -0.15) is 4.98 Å². The number of fused-ring (bicyclic) bond motifs is 2. The third-order valence-corrected chi connectivity index (χ3v) is 19.0. The number of para-hydroxylation sites is 1. The molecule has 0 aliphatic carbocycles. The first-order valence-corrected chi connectivity index (χ1v) is 19.5. The van der Waals surface area contributed by atoms with Crippen molar-refractivity contribution in [2.75, 3.05) is 18.5 Å². The first-order chi connectivity index (χ1) is 21.3. The summed E-state index contributed by atoms with van der Waals surface area (Å²) < 4.78 is 34.5. The van der Waals surface area contributed by atoms with Crippen molar-refractivity contribution < 1.29 is 32.3 Å². The van der Waals surface area contributed by atoms with Gasteiger partial charge in [0.25, 0.3) is 11.5 Å². The van der Waals surface area contributed by atoms with Crippen molar-refractivity contribution in [1.82, 2.24) is 19.5 Å². The molecule has 15 heteroatoms. The van der Waals surface area contributed by atoms with Crippen molar-refractivity contribution in [3.05, 3.63) is 47.0 Å². The van der Waals surface area contributed by atoms with E-state index >= 15 is 0 Å². The summed E-state index contributed by atoms with van der Waals surface area (Å²) in [6.07, 6.45) is -2.07. The van der Waals surface area contributed by atoms with Gasteiger partial charge in [0, 0.05) is 0 Å². The summed E-state index contributed by atoms with van der Waals surface area (Å²) in [6, 6.07) is 8.90. The molecule has 1 amide bonds. The minimum absolute atomic E-state index is 0.0354. The van der Waals surface area contributed by atoms with E-state index in [0.717, 1.165) is 0 Å². The standard InChI is InChI=1S/C30H45N5O8Si2/c1-17(2)44(18(3)4)40-14-22-26(42-45(43-44,19(5)6)20(7)8)25(37)29(41-22)35-16-31-24-27(35)33-30(34-28(24)38)32-23(36)15-39-21-12-10-9-11-13-21/h9-13,16-20,22,25-26,29,37H,14-15H2,1-8H3,(H2,32,33,34,36,38)/t22-,25+,26+,29-/m1/s1. The fourth-order valence-corrected chi connectivity index (χ4v) is 17.6. The summed E-state index contributed by atoms with van der Waals surface area (Å²) in [5, 5.41) is 14.3. The number of amides is 1. The smallest absolute Gasteiger partial charge is 0.335 e. The maximum atomic E-state index is 12.9. The second kappa shape index (κ2) is 13.1. The van der Waals surface area contributed by atoms with Crippen LogP contribution in [0.5, 0.6) is 5.75 Å². The molecule has 0 spiro atoms. The SMILES string of the molecule is CC(C)[Si]1(C(C)C)OC[C@H]2O[C@@H](n3cnc4c(=O)[nH]c(NC(=O)COc5ccccc5)nc43)[C@@H](O)[C@H]2O[Si](C(C)C)(C(C)C)O1. The summed E-state index contributed by atoms with van der Waals surface area (Å²) in [4.78, 5) is 36.8. The topological polar surface area (TPSA) is 159 Å². The number of nitrogens with zero attached hydrogens (tertiary/aromatic N) is 3. The quantitative estimate of drug-likeness (QED) is 0.282. The van der Waals surface area contributed by atoms with Crippen LogP contribution in [-0.4, -0.2) is 79.2 Å². The van der Waals surface area contributed by atoms with Crippen LogP contribution in [-0.2, 0) is 22.5 Å². The number of rotatable bonds is 9. The molecule has 2 aromatic heterocycles. The lowest BCUT2D eigenvalue weighted by Crippen LogP contribution is -2.65. The normalized spacial score (nSPS) is 24.6. The third-order valence-electron chi connectivity index (χ3n) is 8.72. The maximum Gasteiger partial charge on any atom is 0.335 e. The van der Waals surface area contributed by atoms with E-state index in [9.17, 15) is 14.7 Å². The van der Waals surface area contributed by atoms with Crippen molar-refractivity contribution in [3.8, 4) is 5.75 Å². The molecule has 4 heterocycles. The van der Waals surface area contributed by atoms with Gasteiger partial charge in [-0.3, -0.25) is 24.5 Å². The summed E-state index contributed by atoms with van der Waals surface area (Å²) in [5.74, 6) is -0.0678. The van der Waals surface area contributed by atoms with Crippen molar-refractivity contribution >= 4 is 40.1 Å². The van der Waals surface area contributed by atoms with Crippen LogP contribution < -0.4 is 15.6 Å². The van der Waals surface area contributed by atoms with Crippen LogP contribution in [0.25, 0.3) is 11.2 Å². The predicted molar refractivity (Wildman–Crippen MR) is 172 cm³/mol. The molecular formula is C30H45N5O8Si2. The van der Waals surface area contributed by atoms with Crippen LogP contribution in [0, 0.1) is 0 Å². The largest absolute Gasteiger partial charge is 0.484 e. The van der Waals surface area contributed by atoms with E-state index in [0.29, 0.717) is 5.75 Å². The number of imidazole rings is 1. The molecule has 3 N–H and O–H groups in total. The number of carbonyl (C=O) groups excluding carboxylic acids is 1. The number of aliphatic hydroxyl groups is 1. The van der Waals surface area contributed by atoms with Gasteiger partial charge >= 0.3 is 17.1 Å². The molecule has 0 unspecified atom stereocenters. The lowest BCUT2D eigenvalue weighted by Gasteiger charge is -2.51. The van der Waals surface area contributed by atoms with Crippen molar-refractivity contribution in [2.45, 2.75) is 102 Å². The molecule has 2 saturated heterocycles. The highest BCUT2D eigenvalue weighted by atomic mass is 28.5. The maximum absolute atomic E-state index is 12.9. The Hall–Kier alpha value is -2.93. The van der Waals surface area contributed by atoms with E-state index in [2.05, 4.69) is 75.7 Å². The zero-order valence-corrected chi connectivity index (χ0v) is 29.1. The highest BCUT2D eigenvalue weighted by Crippen LogP contribution is 2.48. The predicted octanol–water partition coefficient (Wildman–Crippen LogP) is 4.35. The number of anilines is 1.